The maximum absolute atomic E-state index is 11.8. The van der Waals surface area contributed by atoms with Crippen LogP contribution >= 0.6 is 24.0 Å². The Hall–Kier alpha value is -0.0700. The molecule has 3 N–H and O–H groups in total. The van der Waals surface area contributed by atoms with Crippen molar-refractivity contribution in [3.8, 4) is 0 Å². The summed E-state index contributed by atoms with van der Waals surface area (Å²) in [6.45, 7) is 0.169. The Morgan fingerprint density at radius 1 is 1.25 bits per heavy atom. The standard InChI is InChI=1S/C11H22FN3.HI/c12-8-5-9-14-11(13)15-10-6-3-1-2-4-7-10;/h10H,1-9H2,(H3,13,14,15);1H. The summed E-state index contributed by atoms with van der Waals surface area (Å²) >= 11 is 0. The molecule has 0 amide bonds. The lowest BCUT2D eigenvalue weighted by molar-refractivity contribution is 0.476. The summed E-state index contributed by atoms with van der Waals surface area (Å²) in [6, 6.07) is 0.474. The Bertz CT molecular complexity index is 192. The van der Waals surface area contributed by atoms with Gasteiger partial charge in [-0.15, -0.1) is 24.0 Å². The molecule has 0 aliphatic heterocycles. The molecule has 1 aliphatic rings. The molecule has 0 bridgehead atoms. The molecular weight excluding hydrogens is 320 g/mol. The molecule has 1 rings (SSSR count). The van der Waals surface area contributed by atoms with E-state index in [-0.39, 0.29) is 30.7 Å². The minimum atomic E-state index is -0.319. The Labute approximate surface area is 114 Å². The van der Waals surface area contributed by atoms with Crippen LogP contribution in [0, 0.1) is 0 Å². The molecule has 0 aromatic heterocycles. The summed E-state index contributed by atoms with van der Waals surface area (Å²) in [5.41, 5.74) is 5.71. The predicted octanol–water partition coefficient (Wildman–Crippen LogP) is 2.59. The normalized spacial score (nSPS) is 18.7. The van der Waals surface area contributed by atoms with Crippen molar-refractivity contribution >= 4 is 29.9 Å². The van der Waals surface area contributed by atoms with Crippen molar-refractivity contribution in [2.45, 2.75) is 51.0 Å². The lowest BCUT2D eigenvalue weighted by Gasteiger charge is -2.16. The molecule has 16 heavy (non-hydrogen) atoms. The molecule has 0 radical (unpaired) electrons. The quantitative estimate of drug-likeness (QED) is 0.271. The summed E-state index contributed by atoms with van der Waals surface area (Å²) in [6.07, 6.45) is 8.03. The second-order valence-corrected chi connectivity index (χ2v) is 4.14. The smallest absolute Gasteiger partial charge is 0.188 e. The third-order valence-corrected chi connectivity index (χ3v) is 2.78. The first kappa shape index (κ1) is 15.9. The highest BCUT2D eigenvalue weighted by molar-refractivity contribution is 14.0. The van der Waals surface area contributed by atoms with E-state index in [1.54, 1.807) is 0 Å². The molecule has 0 saturated heterocycles. The Kier molecular flexibility index (Phi) is 10.1. The van der Waals surface area contributed by atoms with Gasteiger partial charge in [-0.05, 0) is 19.3 Å². The monoisotopic (exact) mass is 343 g/mol. The molecule has 0 atom stereocenters. The minimum absolute atomic E-state index is 0. The van der Waals surface area contributed by atoms with Gasteiger partial charge in [-0.1, -0.05) is 25.7 Å². The van der Waals surface area contributed by atoms with E-state index in [1.165, 1.54) is 38.5 Å². The summed E-state index contributed by atoms with van der Waals surface area (Å²) < 4.78 is 11.8. The van der Waals surface area contributed by atoms with Crippen molar-refractivity contribution in [2.24, 2.45) is 10.7 Å². The summed E-state index contributed by atoms with van der Waals surface area (Å²) in [5, 5.41) is 3.22. The van der Waals surface area contributed by atoms with Gasteiger partial charge in [0.1, 0.15) is 0 Å². The van der Waals surface area contributed by atoms with E-state index in [2.05, 4.69) is 10.3 Å². The highest BCUT2D eigenvalue weighted by atomic mass is 127. The molecule has 1 aliphatic carbocycles. The number of alkyl halides is 1. The first-order valence-corrected chi connectivity index (χ1v) is 5.95. The van der Waals surface area contributed by atoms with Crippen molar-refractivity contribution in [2.75, 3.05) is 13.2 Å². The van der Waals surface area contributed by atoms with Crippen LogP contribution in [0.4, 0.5) is 4.39 Å². The lowest BCUT2D eigenvalue weighted by atomic mass is 10.1. The van der Waals surface area contributed by atoms with Gasteiger partial charge >= 0.3 is 0 Å². The highest BCUT2D eigenvalue weighted by Gasteiger charge is 2.11. The summed E-state index contributed by atoms with van der Waals surface area (Å²) in [5.74, 6) is 0.482. The number of halogens is 2. The zero-order valence-electron chi connectivity index (χ0n) is 9.75. The minimum Gasteiger partial charge on any atom is -0.370 e. The van der Waals surface area contributed by atoms with Crippen LogP contribution in [0.2, 0.25) is 0 Å². The van der Waals surface area contributed by atoms with Crippen LogP contribution in [0.25, 0.3) is 0 Å². The Morgan fingerprint density at radius 3 is 2.44 bits per heavy atom. The number of aliphatic imine (C=N–C) groups is 1. The maximum atomic E-state index is 11.8. The number of nitrogens with zero attached hydrogens (tertiary/aromatic N) is 1. The SMILES string of the molecule is I.NC(=NCCCF)NC1CCCCCC1. The molecular formula is C11H23FIN3. The average molecular weight is 343 g/mol. The van der Waals surface area contributed by atoms with Crippen LogP contribution in [-0.4, -0.2) is 25.2 Å². The van der Waals surface area contributed by atoms with Crippen LogP contribution in [0.3, 0.4) is 0 Å². The van der Waals surface area contributed by atoms with Crippen LogP contribution in [-0.2, 0) is 0 Å². The summed E-state index contributed by atoms with van der Waals surface area (Å²) in [4.78, 5) is 4.08. The van der Waals surface area contributed by atoms with E-state index in [0.717, 1.165) is 0 Å². The number of nitrogens with one attached hydrogen (secondary N) is 1. The van der Waals surface area contributed by atoms with Crippen LogP contribution in [0.15, 0.2) is 4.99 Å². The number of rotatable bonds is 4. The molecule has 0 spiro atoms. The van der Waals surface area contributed by atoms with Crippen LogP contribution in [0.1, 0.15) is 44.9 Å². The van der Waals surface area contributed by atoms with Crippen molar-refractivity contribution < 1.29 is 4.39 Å². The highest BCUT2D eigenvalue weighted by Crippen LogP contribution is 2.16. The third-order valence-electron chi connectivity index (χ3n) is 2.78. The van der Waals surface area contributed by atoms with Gasteiger partial charge in [0.25, 0.3) is 0 Å². The molecule has 1 fully saturated rings. The molecule has 0 heterocycles. The molecule has 0 unspecified atom stereocenters. The lowest BCUT2D eigenvalue weighted by Crippen LogP contribution is -2.39. The van der Waals surface area contributed by atoms with Crippen molar-refractivity contribution in [1.29, 1.82) is 0 Å². The van der Waals surface area contributed by atoms with Gasteiger partial charge in [0.05, 0.1) is 6.67 Å². The van der Waals surface area contributed by atoms with Crippen molar-refractivity contribution in [3.63, 3.8) is 0 Å². The topological polar surface area (TPSA) is 50.4 Å². The first-order valence-electron chi connectivity index (χ1n) is 5.95. The Morgan fingerprint density at radius 2 is 1.88 bits per heavy atom. The number of hydrogen-bond donors (Lipinski definition) is 2. The fourth-order valence-corrected chi connectivity index (χ4v) is 1.94. The maximum Gasteiger partial charge on any atom is 0.188 e. The second kappa shape index (κ2) is 10.1. The zero-order chi connectivity index (χ0) is 10.9. The predicted molar refractivity (Wildman–Crippen MR) is 77.1 cm³/mol. The number of hydrogen-bond acceptors (Lipinski definition) is 1. The Balaban J connectivity index is 0.00000225. The molecule has 96 valence electrons. The van der Waals surface area contributed by atoms with Gasteiger partial charge in [-0.3, -0.25) is 9.38 Å². The van der Waals surface area contributed by atoms with E-state index >= 15 is 0 Å². The first-order chi connectivity index (χ1) is 7.33. The zero-order valence-corrected chi connectivity index (χ0v) is 12.1. The molecule has 0 aromatic rings. The molecule has 0 aromatic carbocycles. The van der Waals surface area contributed by atoms with Gasteiger partial charge in [-0.2, -0.15) is 0 Å². The fraction of sp³-hybridized carbons (Fsp3) is 0.909. The van der Waals surface area contributed by atoms with Gasteiger partial charge in [-0.25, -0.2) is 0 Å². The van der Waals surface area contributed by atoms with E-state index < -0.39 is 0 Å². The van der Waals surface area contributed by atoms with Crippen molar-refractivity contribution in [1.82, 2.24) is 5.32 Å². The molecule has 5 heteroatoms. The average Bonchev–Trinajstić information content (AvgIpc) is 2.47. The summed E-state index contributed by atoms with van der Waals surface area (Å²) in [7, 11) is 0. The van der Waals surface area contributed by atoms with E-state index in [4.69, 9.17) is 5.73 Å². The fourth-order valence-electron chi connectivity index (χ4n) is 1.94. The number of nitrogens with two attached hydrogens (primary N) is 1. The van der Waals surface area contributed by atoms with Crippen molar-refractivity contribution in [3.05, 3.63) is 0 Å². The van der Waals surface area contributed by atoms with E-state index in [9.17, 15) is 4.39 Å². The molecule has 1 saturated carbocycles. The van der Waals surface area contributed by atoms with E-state index in [0.29, 0.717) is 25.0 Å². The number of guanidine groups is 1. The van der Waals surface area contributed by atoms with E-state index in [1.807, 2.05) is 0 Å². The van der Waals surface area contributed by atoms with Crippen LogP contribution in [0.5, 0.6) is 0 Å². The van der Waals surface area contributed by atoms with Gasteiger partial charge in [0.15, 0.2) is 5.96 Å². The van der Waals surface area contributed by atoms with Gasteiger partial charge < -0.3 is 11.1 Å². The largest absolute Gasteiger partial charge is 0.370 e. The van der Waals surface area contributed by atoms with Gasteiger partial charge in [0.2, 0.25) is 0 Å². The molecule has 3 nitrogen and oxygen atoms in total. The van der Waals surface area contributed by atoms with Gasteiger partial charge in [0, 0.05) is 12.6 Å². The van der Waals surface area contributed by atoms with Crippen LogP contribution < -0.4 is 11.1 Å². The second-order valence-electron chi connectivity index (χ2n) is 4.14. The third kappa shape index (κ3) is 7.24.